The standard InChI is InChI=1S/C78H152O17P2/c1-8-10-11-12-13-14-15-18-26-31-40-47-54-61-77(82)95-74(66-89-76(81)60-53-46-39-34-33-37-44-51-58-71(7)9-2)68-93-97(86,87)91-64-72(79)63-90-96(84,85)92-67-73(94-78(83)62-55-48-41-32-27-22-17-20-24-29-36-43-50-57-70(5)6)65-88-75(80)59-52-45-38-30-25-21-16-19-23-28-35-42-49-56-69(3)4/h69-74,79H,8-68H2,1-7H3,(H,84,85)(H,86,87)/t71?,72-,73-,74-/m1/s1. The van der Waals surface area contributed by atoms with Crippen molar-refractivity contribution in [2.24, 2.45) is 17.8 Å². The monoisotopic (exact) mass is 1420 g/mol. The number of aliphatic hydroxyl groups excluding tert-OH is 1. The van der Waals surface area contributed by atoms with Crippen LogP contribution in [0.25, 0.3) is 0 Å². The summed E-state index contributed by atoms with van der Waals surface area (Å²) in [5.74, 6) is 0.242. The third-order valence-corrected chi connectivity index (χ3v) is 20.4. The van der Waals surface area contributed by atoms with Gasteiger partial charge in [-0.25, -0.2) is 9.13 Å². The molecule has 0 fully saturated rings. The third kappa shape index (κ3) is 70.9. The largest absolute Gasteiger partial charge is 0.472 e. The molecule has 97 heavy (non-hydrogen) atoms. The SMILES string of the molecule is CCCCCCCCCCCCCCCC(=O)O[C@H](COC(=O)CCCCCCCCCCC(C)CC)COP(=O)(O)OC[C@H](O)COP(=O)(O)OC[C@@H](COC(=O)CCCCCCCCCCCCCCCC(C)C)OC(=O)CCCCCCCCCCCCCCCC(C)C. The van der Waals surface area contributed by atoms with Crippen molar-refractivity contribution in [1.82, 2.24) is 0 Å². The number of hydrogen-bond acceptors (Lipinski definition) is 15. The maximum atomic E-state index is 13.1. The van der Waals surface area contributed by atoms with Crippen LogP contribution in [0.5, 0.6) is 0 Å². The van der Waals surface area contributed by atoms with Gasteiger partial charge in [0.15, 0.2) is 12.2 Å². The molecule has 0 heterocycles. The van der Waals surface area contributed by atoms with Crippen LogP contribution in [0.1, 0.15) is 402 Å². The number of ether oxygens (including phenoxy) is 4. The summed E-state index contributed by atoms with van der Waals surface area (Å²) in [6.45, 7) is 12.0. The van der Waals surface area contributed by atoms with Gasteiger partial charge in [-0.2, -0.15) is 0 Å². The minimum atomic E-state index is -4.96. The molecule has 0 aromatic carbocycles. The van der Waals surface area contributed by atoms with Gasteiger partial charge >= 0.3 is 39.5 Å². The van der Waals surface area contributed by atoms with Crippen molar-refractivity contribution in [3.8, 4) is 0 Å². The van der Waals surface area contributed by atoms with Gasteiger partial charge in [-0.05, 0) is 43.4 Å². The molecule has 0 bridgehead atoms. The molecule has 576 valence electrons. The van der Waals surface area contributed by atoms with Crippen molar-refractivity contribution in [1.29, 1.82) is 0 Å². The minimum Gasteiger partial charge on any atom is -0.462 e. The normalized spacial score (nSPS) is 14.3. The Balaban J connectivity index is 5.27. The summed E-state index contributed by atoms with van der Waals surface area (Å²) in [6.07, 6.45) is 55.3. The third-order valence-electron chi connectivity index (χ3n) is 18.5. The zero-order valence-electron chi connectivity index (χ0n) is 63.5. The molecule has 6 atom stereocenters. The average molecular weight is 1420 g/mol. The number of hydrogen-bond donors (Lipinski definition) is 3. The first-order chi connectivity index (χ1) is 46.8. The molecule has 17 nitrogen and oxygen atoms in total. The van der Waals surface area contributed by atoms with Crippen LogP contribution in [0, 0.1) is 17.8 Å². The Hall–Kier alpha value is -1.94. The lowest BCUT2D eigenvalue weighted by Crippen LogP contribution is -2.30. The van der Waals surface area contributed by atoms with Gasteiger partial charge in [0, 0.05) is 25.7 Å². The van der Waals surface area contributed by atoms with Crippen LogP contribution in [0.2, 0.25) is 0 Å². The fourth-order valence-corrected chi connectivity index (χ4v) is 13.5. The Labute approximate surface area is 594 Å². The maximum Gasteiger partial charge on any atom is 0.472 e. The molecular weight excluding hydrogens is 1270 g/mol. The van der Waals surface area contributed by atoms with E-state index < -0.39 is 97.5 Å². The number of esters is 4. The van der Waals surface area contributed by atoms with E-state index in [1.54, 1.807) is 0 Å². The lowest BCUT2D eigenvalue weighted by molar-refractivity contribution is -0.161. The van der Waals surface area contributed by atoms with Crippen molar-refractivity contribution in [3.05, 3.63) is 0 Å². The van der Waals surface area contributed by atoms with Gasteiger partial charge in [0.05, 0.1) is 26.4 Å². The molecule has 3 N–H and O–H groups in total. The molecule has 0 aromatic heterocycles. The smallest absolute Gasteiger partial charge is 0.462 e. The second-order valence-corrected chi connectivity index (χ2v) is 32.2. The topological polar surface area (TPSA) is 237 Å². The fraction of sp³-hybridized carbons (Fsp3) is 0.949. The molecule has 0 aliphatic carbocycles. The first-order valence-electron chi connectivity index (χ1n) is 40.4. The highest BCUT2D eigenvalue weighted by atomic mass is 31.2. The molecular formula is C78H152O17P2. The summed E-state index contributed by atoms with van der Waals surface area (Å²) in [4.78, 5) is 72.9. The quantitative estimate of drug-likeness (QED) is 0.0222. The summed E-state index contributed by atoms with van der Waals surface area (Å²) in [5.41, 5.74) is 0. The van der Waals surface area contributed by atoms with E-state index in [2.05, 4.69) is 48.5 Å². The van der Waals surface area contributed by atoms with E-state index in [1.807, 2.05) is 0 Å². The Morgan fingerprint density at radius 1 is 0.299 bits per heavy atom. The Bertz CT molecular complexity index is 1890. The predicted octanol–water partition coefficient (Wildman–Crippen LogP) is 23.0. The molecule has 0 aliphatic rings. The Morgan fingerprint density at radius 2 is 0.526 bits per heavy atom. The first kappa shape index (κ1) is 95.1. The summed E-state index contributed by atoms with van der Waals surface area (Å²) in [6, 6.07) is 0. The van der Waals surface area contributed by atoms with E-state index >= 15 is 0 Å². The van der Waals surface area contributed by atoms with Gasteiger partial charge in [-0.1, -0.05) is 350 Å². The molecule has 19 heteroatoms. The van der Waals surface area contributed by atoms with Crippen LogP contribution < -0.4 is 0 Å². The lowest BCUT2D eigenvalue weighted by atomic mass is 9.99. The lowest BCUT2D eigenvalue weighted by Gasteiger charge is -2.21. The second kappa shape index (κ2) is 68.5. The van der Waals surface area contributed by atoms with E-state index in [0.717, 1.165) is 108 Å². The summed E-state index contributed by atoms with van der Waals surface area (Å²) in [5, 5.41) is 10.6. The highest BCUT2D eigenvalue weighted by Gasteiger charge is 2.30. The molecule has 0 saturated carbocycles. The Morgan fingerprint density at radius 3 is 0.784 bits per heavy atom. The van der Waals surface area contributed by atoms with Crippen molar-refractivity contribution in [3.63, 3.8) is 0 Å². The van der Waals surface area contributed by atoms with Gasteiger partial charge in [0.2, 0.25) is 0 Å². The number of phosphoric acid groups is 2. The predicted molar refractivity (Wildman–Crippen MR) is 395 cm³/mol. The van der Waals surface area contributed by atoms with Crippen molar-refractivity contribution in [2.45, 2.75) is 420 Å². The molecule has 0 aromatic rings. The molecule has 0 radical (unpaired) electrons. The van der Waals surface area contributed by atoms with Crippen LogP contribution >= 0.6 is 15.6 Å². The van der Waals surface area contributed by atoms with Crippen LogP contribution in [-0.2, 0) is 65.4 Å². The zero-order chi connectivity index (χ0) is 71.6. The molecule has 0 aliphatic heterocycles. The van der Waals surface area contributed by atoms with Gasteiger partial charge in [-0.15, -0.1) is 0 Å². The molecule has 3 unspecified atom stereocenters. The second-order valence-electron chi connectivity index (χ2n) is 29.3. The number of aliphatic hydroxyl groups is 1. The molecule has 0 amide bonds. The van der Waals surface area contributed by atoms with Gasteiger partial charge in [0.1, 0.15) is 19.3 Å². The average Bonchev–Trinajstić information content (AvgIpc) is 1.34. The minimum absolute atomic E-state index is 0.107. The van der Waals surface area contributed by atoms with E-state index in [0.29, 0.717) is 25.7 Å². The summed E-state index contributed by atoms with van der Waals surface area (Å²) in [7, 11) is -9.92. The molecule has 0 rings (SSSR count). The highest BCUT2D eigenvalue weighted by Crippen LogP contribution is 2.45. The number of rotatable bonds is 76. The van der Waals surface area contributed by atoms with Crippen LogP contribution in [-0.4, -0.2) is 96.7 Å². The Kier molecular flexibility index (Phi) is 67.1. The van der Waals surface area contributed by atoms with Crippen molar-refractivity contribution < 1.29 is 80.2 Å². The fourth-order valence-electron chi connectivity index (χ4n) is 11.9. The number of unbranched alkanes of at least 4 members (excludes halogenated alkanes) is 43. The summed E-state index contributed by atoms with van der Waals surface area (Å²) >= 11 is 0. The van der Waals surface area contributed by atoms with E-state index in [1.165, 1.54) is 212 Å². The van der Waals surface area contributed by atoms with Gasteiger partial charge < -0.3 is 33.8 Å². The van der Waals surface area contributed by atoms with Crippen molar-refractivity contribution >= 4 is 39.5 Å². The van der Waals surface area contributed by atoms with E-state index in [-0.39, 0.29) is 25.7 Å². The first-order valence-corrected chi connectivity index (χ1v) is 43.4. The zero-order valence-corrected chi connectivity index (χ0v) is 65.3. The highest BCUT2D eigenvalue weighted by molar-refractivity contribution is 7.47. The number of carbonyl (C=O) groups is 4. The van der Waals surface area contributed by atoms with Crippen LogP contribution in [0.15, 0.2) is 0 Å². The van der Waals surface area contributed by atoms with Gasteiger partial charge in [-0.3, -0.25) is 37.3 Å². The van der Waals surface area contributed by atoms with E-state index in [4.69, 9.17) is 37.0 Å². The van der Waals surface area contributed by atoms with Gasteiger partial charge in [0.25, 0.3) is 0 Å². The van der Waals surface area contributed by atoms with Crippen LogP contribution in [0.3, 0.4) is 0 Å². The number of phosphoric ester groups is 2. The summed E-state index contributed by atoms with van der Waals surface area (Å²) < 4.78 is 68.6. The van der Waals surface area contributed by atoms with E-state index in [9.17, 15) is 43.2 Å². The van der Waals surface area contributed by atoms with Crippen molar-refractivity contribution in [2.75, 3.05) is 39.6 Å². The van der Waals surface area contributed by atoms with Crippen LogP contribution in [0.4, 0.5) is 0 Å². The molecule has 0 spiro atoms. The molecule has 0 saturated heterocycles. The maximum absolute atomic E-state index is 13.1. The number of carbonyl (C=O) groups excluding carboxylic acids is 4.